The molecule has 3 N–H and O–H groups in total. The van der Waals surface area contributed by atoms with Gasteiger partial charge in [-0.25, -0.2) is 0 Å². The predicted molar refractivity (Wildman–Crippen MR) is 74.1 cm³/mol. The third-order valence-electron chi connectivity index (χ3n) is 1.90. The van der Waals surface area contributed by atoms with Gasteiger partial charge in [0.25, 0.3) is 0 Å². The molecule has 96 valence electrons. The first-order chi connectivity index (χ1) is 8.47. The summed E-state index contributed by atoms with van der Waals surface area (Å²) in [7, 11) is 0. The highest BCUT2D eigenvalue weighted by Gasteiger charge is 2.05. The monoisotopic (exact) mass is 265 g/mol. The number of carbonyl (C=O) groups excluding carboxylic acids is 2. The number of thioether (sulfide) groups is 1. The van der Waals surface area contributed by atoms with Crippen LogP contribution in [0.2, 0.25) is 0 Å². The number of hydrogen-bond donors (Lipinski definition) is 2. The second-order valence-corrected chi connectivity index (χ2v) is 4.61. The second kappa shape index (κ2) is 6.80. The third-order valence-corrected chi connectivity index (χ3v) is 2.84. The molecule has 0 aliphatic carbocycles. The van der Waals surface area contributed by atoms with Gasteiger partial charge in [-0.1, -0.05) is 23.9 Å². The minimum absolute atomic E-state index is 0.250. The molecule has 0 atom stereocenters. The molecule has 0 unspecified atom stereocenters. The van der Waals surface area contributed by atoms with E-state index in [9.17, 15) is 9.59 Å². The number of amidine groups is 1. The number of nitrogen functional groups attached to an aromatic ring is 1. The lowest BCUT2D eigenvalue weighted by Crippen LogP contribution is -2.26. The van der Waals surface area contributed by atoms with Crippen LogP contribution in [0.25, 0.3) is 0 Å². The highest BCUT2D eigenvalue weighted by Crippen LogP contribution is 2.14. The second-order valence-electron chi connectivity index (χ2n) is 3.65. The lowest BCUT2D eigenvalue weighted by atomic mass is 10.2. The van der Waals surface area contributed by atoms with Crippen LogP contribution in [0.4, 0.5) is 5.69 Å². The number of nitrogens with two attached hydrogens (primary N) is 1. The van der Waals surface area contributed by atoms with E-state index >= 15 is 0 Å². The van der Waals surface area contributed by atoms with Crippen LogP contribution in [-0.2, 0) is 15.3 Å². The molecule has 0 saturated heterocycles. The fourth-order valence-electron chi connectivity index (χ4n) is 1.16. The SMILES string of the molecule is CC(=O)N=C(NC(C)=O)SCc1ccc(N)cc1. The average molecular weight is 265 g/mol. The van der Waals surface area contributed by atoms with Gasteiger partial charge in [-0.15, -0.1) is 0 Å². The van der Waals surface area contributed by atoms with Gasteiger partial charge in [0.15, 0.2) is 5.17 Å². The van der Waals surface area contributed by atoms with Crippen LogP contribution in [0.15, 0.2) is 29.3 Å². The van der Waals surface area contributed by atoms with Gasteiger partial charge < -0.3 is 11.1 Å². The van der Waals surface area contributed by atoms with E-state index in [2.05, 4.69) is 10.3 Å². The summed E-state index contributed by atoms with van der Waals surface area (Å²) < 4.78 is 0. The molecule has 18 heavy (non-hydrogen) atoms. The molecule has 6 heteroatoms. The molecule has 1 aromatic rings. The number of hydrogen-bond acceptors (Lipinski definition) is 4. The van der Waals surface area contributed by atoms with E-state index in [1.54, 1.807) is 12.1 Å². The summed E-state index contributed by atoms with van der Waals surface area (Å²) in [5.41, 5.74) is 7.32. The summed E-state index contributed by atoms with van der Waals surface area (Å²) in [6.45, 7) is 2.71. The topological polar surface area (TPSA) is 84.5 Å². The van der Waals surface area contributed by atoms with Crippen LogP contribution in [0.1, 0.15) is 19.4 Å². The van der Waals surface area contributed by atoms with Crippen LogP contribution in [0.5, 0.6) is 0 Å². The Morgan fingerprint density at radius 3 is 2.39 bits per heavy atom. The van der Waals surface area contributed by atoms with E-state index in [-0.39, 0.29) is 11.8 Å². The molecule has 0 bridgehead atoms. The van der Waals surface area contributed by atoms with Crippen LogP contribution < -0.4 is 11.1 Å². The van der Waals surface area contributed by atoms with Gasteiger partial charge in [-0.3, -0.25) is 9.59 Å². The number of nitrogens with one attached hydrogen (secondary N) is 1. The first kappa shape index (κ1) is 14.2. The molecule has 0 aromatic heterocycles. The number of rotatable bonds is 2. The number of nitrogens with zero attached hydrogens (tertiary/aromatic N) is 1. The highest BCUT2D eigenvalue weighted by atomic mass is 32.2. The summed E-state index contributed by atoms with van der Waals surface area (Å²) in [4.78, 5) is 25.6. The highest BCUT2D eigenvalue weighted by molar-refractivity contribution is 8.13. The van der Waals surface area contributed by atoms with E-state index < -0.39 is 0 Å². The van der Waals surface area contributed by atoms with Gasteiger partial charge >= 0.3 is 0 Å². The summed E-state index contributed by atoms with van der Waals surface area (Å²) in [5.74, 6) is 0.00973. The molecule has 0 radical (unpaired) electrons. The van der Waals surface area contributed by atoms with Gasteiger partial charge in [0.1, 0.15) is 0 Å². The fraction of sp³-hybridized carbons (Fsp3) is 0.250. The Morgan fingerprint density at radius 1 is 1.28 bits per heavy atom. The average Bonchev–Trinajstić information content (AvgIpc) is 2.26. The number of anilines is 1. The van der Waals surface area contributed by atoms with Crippen LogP contribution in [-0.4, -0.2) is 17.0 Å². The lowest BCUT2D eigenvalue weighted by Gasteiger charge is -2.06. The number of carbonyl (C=O) groups is 2. The Labute approximate surface area is 110 Å². The molecular formula is C12H15N3O2S. The van der Waals surface area contributed by atoms with Crippen molar-refractivity contribution in [2.45, 2.75) is 19.6 Å². The van der Waals surface area contributed by atoms with Crippen molar-refractivity contribution in [3.05, 3.63) is 29.8 Å². The normalized spacial score (nSPS) is 11.1. The van der Waals surface area contributed by atoms with Crippen molar-refractivity contribution >= 4 is 34.4 Å². The first-order valence-corrected chi connectivity index (χ1v) is 6.30. The zero-order chi connectivity index (χ0) is 13.5. The van der Waals surface area contributed by atoms with E-state index in [4.69, 9.17) is 5.73 Å². The van der Waals surface area contributed by atoms with Gasteiger partial charge in [-0.05, 0) is 17.7 Å². The van der Waals surface area contributed by atoms with Gasteiger partial charge in [0, 0.05) is 25.3 Å². The largest absolute Gasteiger partial charge is 0.399 e. The van der Waals surface area contributed by atoms with Gasteiger partial charge in [0.05, 0.1) is 0 Å². The fourth-order valence-corrected chi connectivity index (χ4v) is 2.06. The molecule has 1 aromatic carbocycles. The summed E-state index contributed by atoms with van der Waals surface area (Å²) in [5, 5.41) is 2.83. The Bertz CT molecular complexity index is 469. The molecule has 0 aliphatic rings. The van der Waals surface area contributed by atoms with E-state index in [0.717, 1.165) is 5.56 Å². The minimum Gasteiger partial charge on any atom is -0.399 e. The van der Waals surface area contributed by atoms with Crippen molar-refractivity contribution in [1.29, 1.82) is 0 Å². The zero-order valence-corrected chi connectivity index (χ0v) is 11.1. The minimum atomic E-state index is -0.344. The summed E-state index contributed by atoms with van der Waals surface area (Å²) in [6, 6.07) is 7.38. The van der Waals surface area contributed by atoms with Crippen LogP contribution in [0, 0.1) is 0 Å². The standard InChI is InChI=1S/C12H15N3O2S/c1-8(16)14-12(15-9(2)17)18-7-10-3-5-11(13)6-4-10/h3-6H,7,13H2,1-2H3,(H,14,15,16,17). The van der Waals surface area contributed by atoms with Crippen molar-refractivity contribution in [2.24, 2.45) is 4.99 Å². The Kier molecular flexibility index (Phi) is 5.38. The summed E-state index contributed by atoms with van der Waals surface area (Å²) >= 11 is 1.29. The van der Waals surface area contributed by atoms with Crippen LogP contribution >= 0.6 is 11.8 Å². The molecule has 0 saturated carbocycles. The Hall–Kier alpha value is -1.82. The maximum Gasteiger partial charge on any atom is 0.244 e. The lowest BCUT2D eigenvalue weighted by molar-refractivity contribution is -0.117. The van der Waals surface area contributed by atoms with Crippen molar-refractivity contribution in [1.82, 2.24) is 5.32 Å². The van der Waals surface area contributed by atoms with E-state index in [1.807, 2.05) is 12.1 Å². The molecule has 0 spiro atoms. The maximum absolute atomic E-state index is 11.0. The van der Waals surface area contributed by atoms with Crippen LogP contribution in [0.3, 0.4) is 0 Å². The maximum atomic E-state index is 11.0. The molecule has 0 fully saturated rings. The van der Waals surface area contributed by atoms with Gasteiger partial charge in [-0.2, -0.15) is 4.99 Å². The quantitative estimate of drug-likeness (QED) is 0.482. The predicted octanol–water partition coefficient (Wildman–Crippen LogP) is 1.54. The first-order valence-electron chi connectivity index (χ1n) is 5.31. The Balaban J connectivity index is 2.64. The zero-order valence-electron chi connectivity index (χ0n) is 10.3. The smallest absolute Gasteiger partial charge is 0.244 e. The molecule has 2 amide bonds. The van der Waals surface area contributed by atoms with Crippen molar-refractivity contribution in [2.75, 3.05) is 5.73 Å². The number of amides is 2. The van der Waals surface area contributed by atoms with Crippen molar-refractivity contribution in [3.8, 4) is 0 Å². The molecular weight excluding hydrogens is 250 g/mol. The van der Waals surface area contributed by atoms with Gasteiger partial charge in [0.2, 0.25) is 11.8 Å². The van der Waals surface area contributed by atoms with E-state index in [1.165, 1.54) is 25.6 Å². The molecule has 5 nitrogen and oxygen atoms in total. The number of aliphatic imine (C=N–C) groups is 1. The van der Waals surface area contributed by atoms with Crippen molar-refractivity contribution in [3.63, 3.8) is 0 Å². The third kappa shape index (κ3) is 5.49. The number of benzene rings is 1. The molecule has 1 rings (SSSR count). The Morgan fingerprint density at radius 2 is 1.89 bits per heavy atom. The molecule has 0 aliphatic heterocycles. The van der Waals surface area contributed by atoms with Crippen molar-refractivity contribution < 1.29 is 9.59 Å². The molecule has 0 heterocycles. The van der Waals surface area contributed by atoms with E-state index in [0.29, 0.717) is 16.6 Å². The summed E-state index contributed by atoms with van der Waals surface area (Å²) in [6.07, 6.45) is 0.